The molecule has 7 N–H and O–H groups in total. The second-order valence-corrected chi connectivity index (χ2v) is 6.05. The van der Waals surface area contributed by atoms with Gasteiger partial charge in [0, 0.05) is 11.8 Å². The Bertz CT molecular complexity index is 875. The third-order valence-electron chi connectivity index (χ3n) is 3.77. The van der Waals surface area contributed by atoms with E-state index >= 15 is 0 Å². The molecule has 1 aromatic heterocycles. The number of anilines is 2. The van der Waals surface area contributed by atoms with Crippen molar-refractivity contribution in [1.82, 2.24) is 10.3 Å². The Kier molecular flexibility index (Phi) is 6.43. The minimum absolute atomic E-state index is 0.0820. The standard InChI is InChI=1S/C17H20ClN5O4/c1-8(9-3-4-10(18)13(25)5-9)21-17(26)23-14-6-11(19)15(16(20)27-2)12(7-24)22-14/h3-6,8,20,24-25H,7H2,1-2H3,(H4,19,21,22,23,26). The number of aliphatic hydroxyl groups excluding tert-OH is 1. The minimum atomic E-state index is -0.567. The van der Waals surface area contributed by atoms with Gasteiger partial charge in [-0.05, 0) is 24.6 Å². The Balaban J connectivity index is 2.14. The number of nitrogens with one attached hydrogen (secondary N) is 3. The topological polar surface area (TPSA) is 154 Å². The lowest BCUT2D eigenvalue weighted by molar-refractivity contribution is 0.249. The number of methoxy groups -OCH3 is 1. The highest BCUT2D eigenvalue weighted by Crippen LogP contribution is 2.26. The summed E-state index contributed by atoms with van der Waals surface area (Å²) in [5.41, 5.74) is 6.94. The third kappa shape index (κ3) is 4.78. The highest BCUT2D eigenvalue weighted by Gasteiger charge is 2.17. The first-order valence-electron chi connectivity index (χ1n) is 7.85. The number of nitrogen functional groups attached to an aromatic ring is 1. The summed E-state index contributed by atoms with van der Waals surface area (Å²) in [5.74, 6) is -0.217. The van der Waals surface area contributed by atoms with Crippen LogP contribution in [-0.2, 0) is 11.3 Å². The average Bonchev–Trinajstić information content (AvgIpc) is 2.62. The summed E-state index contributed by atoms with van der Waals surface area (Å²) in [6.07, 6.45) is 0. The lowest BCUT2D eigenvalue weighted by Crippen LogP contribution is -2.31. The number of carbonyl (C=O) groups excluding carboxylic acids is 1. The number of urea groups is 1. The van der Waals surface area contributed by atoms with Crippen LogP contribution in [0.3, 0.4) is 0 Å². The number of ether oxygens (including phenoxy) is 1. The van der Waals surface area contributed by atoms with Crippen molar-refractivity contribution in [3.8, 4) is 5.75 Å². The number of hydrogen-bond donors (Lipinski definition) is 6. The number of halogens is 1. The van der Waals surface area contributed by atoms with Gasteiger partial charge in [0.15, 0.2) is 0 Å². The van der Waals surface area contributed by atoms with E-state index in [9.17, 15) is 15.0 Å². The molecule has 1 unspecified atom stereocenters. The Hall–Kier alpha value is -3.04. The monoisotopic (exact) mass is 393 g/mol. The molecule has 0 saturated carbocycles. The lowest BCUT2D eigenvalue weighted by Gasteiger charge is -2.17. The van der Waals surface area contributed by atoms with Crippen LogP contribution in [-0.4, -0.2) is 34.2 Å². The summed E-state index contributed by atoms with van der Waals surface area (Å²) < 4.78 is 4.82. The summed E-state index contributed by atoms with van der Waals surface area (Å²) in [6.45, 7) is 1.25. The number of pyridine rings is 1. The fourth-order valence-electron chi connectivity index (χ4n) is 2.39. The van der Waals surface area contributed by atoms with Gasteiger partial charge < -0.3 is 26.0 Å². The van der Waals surface area contributed by atoms with Crippen molar-refractivity contribution in [2.45, 2.75) is 19.6 Å². The molecule has 2 amide bonds. The zero-order valence-electron chi connectivity index (χ0n) is 14.7. The van der Waals surface area contributed by atoms with Crippen molar-refractivity contribution >= 4 is 35.0 Å². The molecule has 2 rings (SSSR count). The van der Waals surface area contributed by atoms with Gasteiger partial charge in [0.05, 0.1) is 36.0 Å². The number of phenols is 1. The number of nitrogens with zero attached hydrogens (tertiary/aromatic N) is 1. The Morgan fingerprint density at radius 1 is 1.44 bits per heavy atom. The highest BCUT2D eigenvalue weighted by atomic mass is 35.5. The molecule has 1 aromatic carbocycles. The second kappa shape index (κ2) is 8.56. The van der Waals surface area contributed by atoms with Gasteiger partial charge in [-0.25, -0.2) is 9.78 Å². The van der Waals surface area contributed by atoms with Crippen LogP contribution in [0, 0.1) is 5.41 Å². The minimum Gasteiger partial charge on any atom is -0.506 e. The molecule has 0 bridgehead atoms. The second-order valence-electron chi connectivity index (χ2n) is 5.64. The molecule has 0 aliphatic heterocycles. The van der Waals surface area contributed by atoms with E-state index in [0.29, 0.717) is 5.56 Å². The van der Waals surface area contributed by atoms with Crippen LogP contribution in [0.15, 0.2) is 24.3 Å². The van der Waals surface area contributed by atoms with E-state index in [1.807, 2.05) is 0 Å². The number of benzene rings is 1. The van der Waals surface area contributed by atoms with E-state index in [0.717, 1.165) is 0 Å². The molecule has 10 heteroatoms. The third-order valence-corrected chi connectivity index (χ3v) is 4.08. The van der Waals surface area contributed by atoms with E-state index < -0.39 is 18.7 Å². The van der Waals surface area contributed by atoms with Gasteiger partial charge in [0.2, 0.25) is 5.90 Å². The van der Waals surface area contributed by atoms with Gasteiger partial charge in [0.1, 0.15) is 11.6 Å². The van der Waals surface area contributed by atoms with Gasteiger partial charge in [-0.3, -0.25) is 10.7 Å². The molecule has 1 atom stereocenters. The van der Waals surface area contributed by atoms with Crippen LogP contribution >= 0.6 is 11.6 Å². The average molecular weight is 394 g/mol. The fourth-order valence-corrected chi connectivity index (χ4v) is 2.51. The largest absolute Gasteiger partial charge is 0.506 e. The summed E-state index contributed by atoms with van der Waals surface area (Å²) in [5, 5.41) is 32.2. The zero-order valence-corrected chi connectivity index (χ0v) is 15.5. The summed E-state index contributed by atoms with van der Waals surface area (Å²) in [7, 11) is 1.30. The fraction of sp³-hybridized carbons (Fsp3) is 0.235. The van der Waals surface area contributed by atoms with Crippen LogP contribution in [0.25, 0.3) is 0 Å². The number of rotatable bonds is 5. The first-order valence-corrected chi connectivity index (χ1v) is 8.23. The van der Waals surface area contributed by atoms with Crippen LogP contribution in [0.4, 0.5) is 16.3 Å². The number of hydrogen-bond acceptors (Lipinski definition) is 7. The number of aromatic hydroxyl groups is 1. The Morgan fingerprint density at radius 3 is 2.74 bits per heavy atom. The molecule has 2 aromatic rings. The maximum Gasteiger partial charge on any atom is 0.320 e. The van der Waals surface area contributed by atoms with Gasteiger partial charge in [-0.1, -0.05) is 17.7 Å². The number of phenolic OH excluding ortho intramolecular Hbond substituents is 1. The summed E-state index contributed by atoms with van der Waals surface area (Å²) in [6, 6.07) is 5.03. The smallest absolute Gasteiger partial charge is 0.320 e. The Morgan fingerprint density at radius 2 is 2.15 bits per heavy atom. The van der Waals surface area contributed by atoms with Crippen molar-refractivity contribution in [2.24, 2.45) is 0 Å². The molecular formula is C17H20ClN5O4. The molecule has 0 radical (unpaired) electrons. The van der Waals surface area contributed by atoms with Crippen molar-refractivity contribution in [3.63, 3.8) is 0 Å². The molecule has 9 nitrogen and oxygen atoms in total. The predicted octanol–water partition coefficient (Wildman–Crippen LogP) is 2.37. The highest BCUT2D eigenvalue weighted by molar-refractivity contribution is 6.32. The van der Waals surface area contributed by atoms with E-state index in [1.54, 1.807) is 13.0 Å². The van der Waals surface area contributed by atoms with Gasteiger partial charge in [-0.15, -0.1) is 0 Å². The molecule has 0 aliphatic carbocycles. The maximum atomic E-state index is 12.2. The number of nitrogens with two attached hydrogens (primary N) is 1. The number of aliphatic hydroxyl groups is 1. The lowest BCUT2D eigenvalue weighted by atomic mass is 10.1. The first kappa shape index (κ1) is 20.3. The summed E-state index contributed by atoms with van der Waals surface area (Å²) in [4.78, 5) is 16.3. The van der Waals surface area contributed by atoms with Crippen LogP contribution in [0.5, 0.6) is 5.75 Å². The Labute approximate surface area is 160 Å². The molecule has 0 fully saturated rings. The molecule has 27 heavy (non-hydrogen) atoms. The molecular weight excluding hydrogens is 374 g/mol. The van der Waals surface area contributed by atoms with Crippen molar-refractivity contribution in [2.75, 3.05) is 18.2 Å². The van der Waals surface area contributed by atoms with Gasteiger partial charge in [0.25, 0.3) is 0 Å². The van der Waals surface area contributed by atoms with E-state index in [1.165, 1.54) is 25.3 Å². The van der Waals surface area contributed by atoms with Crippen LogP contribution < -0.4 is 16.4 Å². The molecule has 0 aliphatic rings. The van der Waals surface area contributed by atoms with E-state index in [2.05, 4.69) is 15.6 Å². The molecule has 0 spiro atoms. The van der Waals surface area contributed by atoms with Crippen LogP contribution in [0.1, 0.15) is 29.8 Å². The van der Waals surface area contributed by atoms with Crippen molar-refractivity contribution in [1.29, 1.82) is 5.41 Å². The van der Waals surface area contributed by atoms with Crippen LogP contribution in [0.2, 0.25) is 5.02 Å². The van der Waals surface area contributed by atoms with E-state index in [-0.39, 0.29) is 39.4 Å². The SMILES string of the molecule is COC(=N)c1c(N)cc(NC(=O)NC(C)c2ccc(Cl)c(O)c2)nc1CO. The van der Waals surface area contributed by atoms with Crippen molar-refractivity contribution in [3.05, 3.63) is 46.1 Å². The molecule has 1 heterocycles. The van der Waals surface area contributed by atoms with Gasteiger partial charge in [-0.2, -0.15) is 0 Å². The molecule has 0 saturated heterocycles. The quantitative estimate of drug-likeness (QED) is 0.338. The normalized spacial score (nSPS) is 11.6. The zero-order chi connectivity index (χ0) is 20.1. The van der Waals surface area contributed by atoms with E-state index in [4.69, 9.17) is 27.5 Å². The van der Waals surface area contributed by atoms with Crippen molar-refractivity contribution < 1.29 is 19.7 Å². The maximum absolute atomic E-state index is 12.2. The number of carbonyl (C=O) groups is 1. The molecule has 144 valence electrons. The van der Waals surface area contributed by atoms with Gasteiger partial charge >= 0.3 is 6.03 Å². The number of aromatic nitrogens is 1. The predicted molar refractivity (Wildman–Crippen MR) is 102 cm³/mol. The summed E-state index contributed by atoms with van der Waals surface area (Å²) >= 11 is 5.77. The number of amides is 2. The first-order chi connectivity index (χ1) is 12.8.